The van der Waals surface area contributed by atoms with Crippen LogP contribution in [0.3, 0.4) is 0 Å². The molecule has 0 fully saturated rings. The molecule has 0 spiro atoms. The van der Waals surface area contributed by atoms with Crippen LogP contribution in [0.2, 0.25) is 0 Å². The summed E-state index contributed by atoms with van der Waals surface area (Å²) >= 11 is 0. The molecule has 1 rings (SSSR count). The minimum absolute atomic E-state index is 0.505. The summed E-state index contributed by atoms with van der Waals surface area (Å²) in [5.41, 5.74) is 1.73. The van der Waals surface area contributed by atoms with Crippen molar-refractivity contribution in [2.45, 2.75) is 25.0 Å². The lowest BCUT2D eigenvalue weighted by Crippen LogP contribution is -2.07. The smallest absolute Gasteiger partial charge is 0.310 e. The second-order valence-electron chi connectivity index (χ2n) is 4.44. The van der Waals surface area contributed by atoms with Gasteiger partial charge in [-0.25, -0.2) is 0 Å². The zero-order valence-electron chi connectivity index (χ0n) is 11.3. The molecule has 2 unspecified atom stereocenters. The van der Waals surface area contributed by atoms with Gasteiger partial charge in [0.05, 0.1) is 5.92 Å². The number of methoxy groups -OCH3 is 1. The number of aliphatic carboxylic acids is 1. The summed E-state index contributed by atoms with van der Waals surface area (Å²) in [7, 11) is 0.735. The lowest BCUT2D eigenvalue weighted by molar-refractivity contribution is -0.138. The third-order valence-corrected chi connectivity index (χ3v) is 4.30. The summed E-state index contributed by atoms with van der Waals surface area (Å²) < 4.78 is 16.7. The second-order valence-corrected chi connectivity index (χ2v) is 6.01. The van der Waals surface area contributed by atoms with Crippen molar-refractivity contribution in [2.24, 2.45) is 0 Å². The van der Waals surface area contributed by atoms with Crippen LogP contribution < -0.4 is 0 Å². The van der Waals surface area contributed by atoms with E-state index in [2.05, 4.69) is 0 Å². The molecule has 106 valence electrons. The zero-order chi connectivity index (χ0) is 14.3. The molecule has 1 aromatic rings. The minimum Gasteiger partial charge on any atom is -0.481 e. The molecule has 0 radical (unpaired) electrons. The fourth-order valence-corrected chi connectivity index (χ4v) is 2.82. The molecule has 4 nitrogen and oxygen atoms in total. The van der Waals surface area contributed by atoms with Gasteiger partial charge in [0.1, 0.15) is 0 Å². The van der Waals surface area contributed by atoms with Gasteiger partial charge >= 0.3 is 5.97 Å². The van der Waals surface area contributed by atoms with E-state index >= 15 is 0 Å². The van der Waals surface area contributed by atoms with Crippen molar-refractivity contribution in [2.75, 3.05) is 19.5 Å². The predicted octanol–water partition coefficient (Wildman–Crippen LogP) is 2.16. The lowest BCUT2D eigenvalue weighted by Gasteiger charge is -2.08. The summed E-state index contributed by atoms with van der Waals surface area (Å²) in [5.74, 6) is -0.218. The first-order valence-electron chi connectivity index (χ1n) is 6.20. The number of benzene rings is 1. The molecule has 1 aromatic carbocycles. The van der Waals surface area contributed by atoms with Gasteiger partial charge in [0, 0.05) is 36.0 Å². The van der Waals surface area contributed by atoms with Gasteiger partial charge < -0.3 is 9.84 Å². The van der Waals surface area contributed by atoms with E-state index in [1.807, 2.05) is 12.1 Å². The fraction of sp³-hybridized carbons (Fsp3) is 0.500. The van der Waals surface area contributed by atoms with E-state index in [-0.39, 0.29) is 0 Å². The number of rotatable bonds is 8. The number of hydrogen-bond acceptors (Lipinski definition) is 3. The van der Waals surface area contributed by atoms with Crippen LogP contribution in [0.4, 0.5) is 0 Å². The molecular formula is C14H20O4S. The van der Waals surface area contributed by atoms with Gasteiger partial charge in [-0.2, -0.15) is 0 Å². The molecule has 0 bridgehead atoms. The van der Waals surface area contributed by atoms with Crippen molar-refractivity contribution >= 4 is 16.8 Å². The monoisotopic (exact) mass is 284 g/mol. The van der Waals surface area contributed by atoms with Gasteiger partial charge in [-0.3, -0.25) is 9.00 Å². The van der Waals surface area contributed by atoms with Crippen LogP contribution in [-0.4, -0.2) is 34.8 Å². The Morgan fingerprint density at radius 3 is 2.53 bits per heavy atom. The van der Waals surface area contributed by atoms with Crippen LogP contribution >= 0.6 is 0 Å². The van der Waals surface area contributed by atoms with E-state index in [1.165, 1.54) is 0 Å². The first-order chi connectivity index (χ1) is 9.04. The fourth-order valence-electron chi connectivity index (χ4n) is 1.67. The minimum atomic E-state index is -0.895. The van der Waals surface area contributed by atoms with Crippen LogP contribution in [0.15, 0.2) is 24.3 Å². The average Bonchev–Trinajstić information content (AvgIpc) is 2.39. The van der Waals surface area contributed by atoms with E-state index in [9.17, 15) is 9.00 Å². The van der Waals surface area contributed by atoms with Crippen LogP contribution in [0.5, 0.6) is 0 Å². The largest absolute Gasteiger partial charge is 0.481 e. The predicted molar refractivity (Wildman–Crippen MR) is 75.7 cm³/mol. The Labute approximate surface area is 116 Å². The Morgan fingerprint density at radius 2 is 2.00 bits per heavy atom. The third kappa shape index (κ3) is 5.53. The summed E-state index contributed by atoms with van der Waals surface area (Å²) in [6.45, 7) is 2.28. The molecule has 1 N–H and O–H groups in total. The summed E-state index contributed by atoms with van der Waals surface area (Å²) in [4.78, 5) is 10.8. The second kappa shape index (κ2) is 8.07. The van der Waals surface area contributed by atoms with Crippen LogP contribution in [0, 0.1) is 0 Å². The standard InChI is InChI=1S/C14H20O4S/c1-11(14(15)16)13-6-4-12(5-7-13)10-19(17)9-3-8-18-2/h4-7,11H,3,8-10H2,1-2H3,(H,15,16). The number of carbonyl (C=O) groups is 1. The Balaban J connectivity index is 2.52. The van der Waals surface area contributed by atoms with Crippen LogP contribution in [0.25, 0.3) is 0 Å². The van der Waals surface area contributed by atoms with E-state index in [4.69, 9.17) is 9.84 Å². The Kier molecular flexibility index (Phi) is 6.73. The Morgan fingerprint density at radius 1 is 1.37 bits per heavy atom. The van der Waals surface area contributed by atoms with Gasteiger partial charge in [-0.15, -0.1) is 0 Å². The lowest BCUT2D eigenvalue weighted by atomic mass is 10.0. The van der Waals surface area contributed by atoms with E-state index in [0.717, 1.165) is 17.5 Å². The van der Waals surface area contributed by atoms with Gasteiger partial charge in [0.25, 0.3) is 0 Å². The number of hydrogen-bond donors (Lipinski definition) is 1. The molecule has 0 saturated carbocycles. The molecule has 0 aliphatic carbocycles. The van der Waals surface area contributed by atoms with Gasteiger partial charge in [0.15, 0.2) is 0 Å². The topological polar surface area (TPSA) is 63.6 Å². The first-order valence-corrected chi connectivity index (χ1v) is 7.69. The summed E-state index contributed by atoms with van der Waals surface area (Å²) in [5, 5.41) is 8.91. The van der Waals surface area contributed by atoms with E-state index < -0.39 is 22.7 Å². The van der Waals surface area contributed by atoms with Crippen molar-refractivity contribution in [3.8, 4) is 0 Å². The quantitative estimate of drug-likeness (QED) is 0.743. The SMILES string of the molecule is COCCCS(=O)Cc1ccc(C(C)C(=O)O)cc1. The zero-order valence-corrected chi connectivity index (χ0v) is 12.1. The molecule has 5 heteroatoms. The molecule has 2 atom stereocenters. The maximum Gasteiger partial charge on any atom is 0.310 e. The molecule has 0 aliphatic heterocycles. The molecule has 0 saturated heterocycles. The first kappa shape index (κ1) is 15.9. The number of carboxylic acids is 1. The van der Waals surface area contributed by atoms with Gasteiger partial charge in [-0.05, 0) is 24.5 Å². The Bertz CT molecular complexity index is 428. The van der Waals surface area contributed by atoms with Gasteiger partial charge in [-0.1, -0.05) is 24.3 Å². The molecule has 0 heterocycles. The van der Waals surface area contributed by atoms with E-state index in [1.54, 1.807) is 26.2 Å². The number of carboxylic acid groups (broad SMARTS) is 1. The highest BCUT2D eigenvalue weighted by Crippen LogP contribution is 2.16. The van der Waals surface area contributed by atoms with Crippen molar-refractivity contribution in [1.82, 2.24) is 0 Å². The van der Waals surface area contributed by atoms with Gasteiger partial charge in [0.2, 0.25) is 0 Å². The molecule has 0 aromatic heterocycles. The van der Waals surface area contributed by atoms with Crippen molar-refractivity contribution in [3.05, 3.63) is 35.4 Å². The van der Waals surface area contributed by atoms with Crippen molar-refractivity contribution in [1.29, 1.82) is 0 Å². The van der Waals surface area contributed by atoms with Crippen LogP contribution in [-0.2, 0) is 26.1 Å². The highest BCUT2D eigenvalue weighted by Gasteiger charge is 2.13. The van der Waals surface area contributed by atoms with Crippen molar-refractivity contribution < 1.29 is 18.8 Å². The Hall–Kier alpha value is -1.20. The molecular weight excluding hydrogens is 264 g/mol. The highest BCUT2D eigenvalue weighted by atomic mass is 32.2. The summed E-state index contributed by atoms with van der Waals surface area (Å²) in [6.07, 6.45) is 0.789. The van der Waals surface area contributed by atoms with Crippen molar-refractivity contribution in [3.63, 3.8) is 0 Å². The normalized spacial score (nSPS) is 14.0. The summed E-state index contributed by atoms with van der Waals surface area (Å²) in [6, 6.07) is 7.28. The molecule has 0 aliphatic rings. The van der Waals surface area contributed by atoms with E-state index in [0.29, 0.717) is 18.1 Å². The number of ether oxygens (including phenoxy) is 1. The maximum absolute atomic E-state index is 11.8. The van der Waals surface area contributed by atoms with Crippen LogP contribution in [0.1, 0.15) is 30.4 Å². The molecule has 19 heavy (non-hydrogen) atoms. The third-order valence-electron chi connectivity index (χ3n) is 2.90. The average molecular weight is 284 g/mol. The molecule has 0 amide bonds. The maximum atomic E-state index is 11.8. The highest BCUT2D eigenvalue weighted by molar-refractivity contribution is 7.84.